The van der Waals surface area contributed by atoms with E-state index in [1.54, 1.807) is 0 Å². The van der Waals surface area contributed by atoms with E-state index < -0.39 is 0 Å². The summed E-state index contributed by atoms with van der Waals surface area (Å²) >= 11 is 0. The zero-order valence-corrected chi connectivity index (χ0v) is 77.2. The van der Waals surface area contributed by atoms with Crippen LogP contribution >= 0.6 is 0 Å². The lowest BCUT2D eigenvalue weighted by atomic mass is 9.82. The molecule has 21 aromatic rings. The van der Waals surface area contributed by atoms with E-state index in [1.165, 1.54) is 338 Å². The Balaban J connectivity index is 0.000000101. The minimum Gasteiger partial charge on any atom is -0.255 e. The van der Waals surface area contributed by atoms with Gasteiger partial charge in [-0.2, -0.15) is 17.6 Å². The Morgan fingerprint density at radius 3 is 0.930 bits per heavy atom. The predicted molar refractivity (Wildman–Crippen MR) is 532 cm³/mol. The van der Waals surface area contributed by atoms with Gasteiger partial charge in [0.05, 0.1) is 99.0 Å². The van der Waals surface area contributed by atoms with E-state index in [2.05, 4.69) is 339 Å². The molecule has 4 aliphatic rings. The largest absolute Gasteiger partial charge is 0.297 e. The van der Waals surface area contributed by atoms with Crippen LogP contribution in [-0.4, -0.2) is 37.5 Å². The Bertz CT molecular complexity index is 8080. The van der Waals surface area contributed by atoms with Crippen LogP contribution in [0.1, 0.15) is 239 Å². The summed E-state index contributed by atoms with van der Waals surface area (Å²) in [6.45, 7) is 20.0. The standard InChI is InChI=1S/C34H34N3.C29H32N3.C27H28N3.C26H26N3/c1-21-12-10-13-22(2)30(21)26-20-23(3)31-33(35-26)32-25(24-14-6-5-7-15-24)16-11-19-29(32)37-28-18-9-8-17-27(28)36(4)34(31)37;1-18(2)22-17-19(3)26-28(30-22)27-21(20-11-6-5-7-12-20)13-10-16-25(27)32-24-15-9-8-14-23(24)31(4)29(26)32;1-17-16-18(2)28-26-24(17)27-29(3)21-13-7-8-14-22(21)30(27)23-15-9-12-20(25(23)26)19-10-5-4-6-11-19;1-17-15-16-27-25-23(17)26-28(2)20-12-6-7-13-21(20)29(26)22-14-8-11-19(24(22)25)18-9-4-3-5-10-18/h8-13,16-20,24H,5-7,14-15H2,1-4H3;8-10,13-18,20H,5-7,11-12H2,1-4H3;7-9,12-16,19H,4-6,10-11H2,1-3H3;6-8,11-16,18H,3-5,9-10H2,1-2H3/q4*+1. The van der Waals surface area contributed by atoms with Crippen LogP contribution in [0.15, 0.2) is 219 Å². The van der Waals surface area contributed by atoms with Crippen molar-refractivity contribution in [2.45, 2.75) is 220 Å². The Morgan fingerprint density at radius 2 is 0.570 bits per heavy atom. The molecular weight excluding hydrogens is 1560 g/mol. The molecule has 0 N–H and O–H groups in total. The van der Waals surface area contributed by atoms with Gasteiger partial charge in [0.15, 0.2) is 44.1 Å². The number of aryl methyl sites for hydroxylation is 11. The third-order valence-electron chi connectivity index (χ3n) is 30.6. The van der Waals surface area contributed by atoms with Gasteiger partial charge in [0.1, 0.15) is 22.1 Å². The van der Waals surface area contributed by atoms with E-state index in [9.17, 15) is 0 Å². The van der Waals surface area contributed by atoms with Gasteiger partial charge in [-0.25, -0.2) is 23.3 Å². The van der Waals surface area contributed by atoms with Crippen molar-refractivity contribution in [1.82, 2.24) is 37.5 Å². The molecule has 12 heterocycles. The smallest absolute Gasteiger partial charge is 0.255 e. The van der Waals surface area contributed by atoms with Gasteiger partial charge in [0.2, 0.25) is 0 Å². The summed E-state index contributed by atoms with van der Waals surface area (Å²) in [5.74, 6) is 2.92. The van der Waals surface area contributed by atoms with Gasteiger partial charge in [-0.1, -0.05) is 206 Å². The highest BCUT2D eigenvalue weighted by Crippen LogP contribution is 2.48. The molecular formula is C116H120N12+4. The number of pyridine rings is 8. The van der Waals surface area contributed by atoms with E-state index in [1.807, 2.05) is 6.20 Å². The van der Waals surface area contributed by atoms with Crippen molar-refractivity contribution in [2.75, 3.05) is 0 Å². The minimum absolute atomic E-state index is 0.408. The fourth-order valence-corrected chi connectivity index (χ4v) is 24.6. The zero-order valence-electron chi connectivity index (χ0n) is 77.2. The Labute approximate surface area is 750 Å². The molecule has 0 unspecified atom stereocenters. The number of hydrogen-bond donors (Lipinski definition) is 0. The summed E-state index contributed by atoms with van der Waals surface area (Å²) in [4.78, 5) is 21.0. The first-order valence-electron chi connectivity index (χ1n) is 48.1. The second-order valence-corrected chi connectivity index (χ2v) is 38.8. The molecule has 0 radical (unpaired) electrons. The summed E-state index contributed by atoms with van der Waals surface area (Å²) in [5.41, 5.74) is 43.2. The Hall–Kier alpha value is -12.5. The molecule has 128 heavy (non-hydrogen) atoms. The van der Waals surface area contributed by atoms with E-state index in [0.717, 1.165) is 22.4 Å². The molecule has 12 heteroatoms. The van der Waals surface area contributed by atoms with Crippen LogP contribution in [-0.2, 0) is 28.2 Å². The molecule has 4 saturated carbocycles. The number of imidazole rings is 4. The summed E-state index contributed by atoms with van der Waals surface area (Å²) in [6.07, 6.45) is 28.5. The molecule has 4 fully saturated rings. The highest BCUT2D eigenvalue weighted by molar-refractivity contribution is 6.17. The first-order chi connectivity index (χ1) is 62.5. The number of hydrogen-bond acceptors (Lipinski definition) is 4. The van der Waals surface area contributed by atoms with Crippen molar-refractivity contribution >= 4 is 154 Å². The van der Waals surface area contributed by atoms with Crippen LogP contribution in [0.2, 0.25) is 0 Å². The van der Waals surface area contributed by atoms with Gasteiger partial charge in [0.25, 0.3) is 22.6 Å². The summed E-state index contributed by atoms with van der Waals surface area (Å²) < 4.78 is 19.3. The summed E-state index contributed by atoms with van der Waals surface area (Å²) in [6, 6.07) is 78.4. The van der Waals surface area contributed by atoms with Gasteiger partial charge < -0.3 is 0 Å². The Kier molecular flexibility index (Phi) is 20.7. The van der Waals surface area contributed by atoms with Crippen LogP contribution in [0.4, 0.5) is 0 Å². The van der Waals surface area contributed by atoms with Gasteiger partial charge in [0, 0.05) is 23.1 Å². The molecule has 0 atom stereocenters. The fourth-order valence-electron chi connectivity index (χ4n) is 24.6. The maximum Gasteiger partial charge on any atom is 0.297 e. The molecule has 0 bridgehead atoms. The van der Waals surface area contributed by atoms with Crippen molar-refractivity contribution < 1.29 is 18.3 Å². The van der Waals surface area contributed by atoms with Crippen LogP contribution < -0.4 is 18.3 Å². The highest BCUT2D eigenvalue weighted by atomic mass is 15.1. The topological polar surface area (TPSA) is 84.7 Å². The number of aromatic nitrogens is 12. The fraction of sp³-hybridized carbons (Fsp3) is 0.328. The molecule has 12 nitrogen and oxygen atoms in total. The molecule has 4 aliphatic carbocycles. The first kappa shape index (κ1) is 81.2. The second kappa shape index (κ2) is 32.6. The molecule has 9 aromatic carbocycles. The van der Waals surface area contributed by atoms with Crippen molar-refractivity contribution in [3.05, 3.63) is 286 Å². The van der Waals surface area contributed by atoms with Gasteiger partial charge in [-0.05, 0) is 282 Å². The van der Waals surface area contributed by atoms with Gasteiger partial charge in [-0.3, -0.25) is 15.0 Å². The number of para-hydroxylation sites is 8. The van der Waals surface area contributed by atoms with E-state index >= 15 is 0 Å². The van der Waals surface area contributed by atoms with Crippen LogP contribution in [0.3, 0.4) is 0 Å². The zero-order chi connectivity index (χ0) is 87.2. The van der Waals surface area contributed by atoms with Crippen LogP contribution in [0.25, 0.3) is 165 Å². The molecule has 0 amide bonds. The summed E-state index contributed by atoms with van der Waals surface area (Å²) in [5, 5.41) is 10.6. The maximum atomic E-state index is 5.55. The molecule has 640 valence electrons. The molecule has 0 saturated heterocycles. The summed E-state index contributed by atoms with van der Waals surface area (Å²) in [7, 11) is 8.77. The van der Waals surface area contributed by atoms with Gasteiger partial charge >= 0.3 is 0 Å². The lowest BCUT2D eigenvalue weighted by molar-refractivity contribution is -0.617. The highest BCUT2D eigenvalue weighted by Gasteiger charge is 2.36. The number of rotatable bonds is 6. The number of nitrogens with zero attached hydrogens (tertiary/aromatic N) is 12. The van der Waals surface area contributed by atoms with Crippen molar-refractivity contribution in [3.8, 4) is 11.3 Å². The van der Waals surface area contributed by atoms with Crippen molar-refractivity contribution in [2.24, 2.45) is 28.2 Å². The Morgan fingerprint density at radius 1 is 0.273 bits per heavy atom. The van der Waals surface area contributed by atoms with Crippen LogP contribution in [0, 0.1) is 48.5 Å². The first-order valence-corrected chi connectivity index (χ1v) is 48.1. The maximum absolute atomic E-state index is 5.55. The van der Waals surface area contributed by atoms with E-state index in [-0.39, 0.29) is 0 Å². The van der Waals surface area contributed by atoms with E-state index in [4.69, 9.17) is 19.9 Å². The second-order valence-electron chi connectivity index (χ2n) is 38.8. The number of benzene rings is 9. The third-order valence-corrected chi connectivity index (χ3v) is 30.6. The average molecular weight is 1680 g/mol. The SMILES string of the molecule is Cc1cc(C(C)C)nc2c3c(C4CCCCC4)cccc3n3c4ccccc4[n+](C)c3c12.Cc1cc(C)c2c(n1)c1c(C3CCCCC3)cccc1n1c3ccccc3[n+](C)c21.Cc1cccc(C)c1-c1cc(C)c2c(n1)c1c(C3CCCCC3)cccc1n1c3ccccc3[n+](C)c21.Cc1ccnc2c3c(C4CCCCC4)cccc3n3c4ccccc4[n+](C)c3c12. The predicted octanol–water partition coefficient (Wildman–Crippen LogP) is 27.6. The van der Waals surface area contributed by atoms with Crippen molar-refractivity contribution in [3.63, 3.8) is 0 Å². The normalized spacial score (nSPS) is 15.5. The lowest BCUT2D eigenvalue weighted by Gasteiger charge is -2.23. The molecule has 12 aromatic heterocycles. The average Bonchev–Trinajstić information content (AvgIpc) is 1.52. The minimum atomic E-state index is 0.408. The number of fused-ring (bicyclic) bond motifs is 32. The molecule has 0 aliphatic heterocycles. The van der Waals surface area contributed by atoms with Crippen LogP contribution in [0.5, 0.6) is 0 Å². The molecule has 0 spiro atoms. The quantitative estimate of drug-likeness (QED) is 0.123. The van der Waals surface area contributed by atoms with Gasteiger partial charge in [-0.15, -0.1) is 0 Å². The lowest BCUT2D eigenvalue weighted by Crippen LogP contribution is -2.27. The van der Waals surface area contributed by atoms with E-state index in [0.29, 0.717) is 29.6 Å². The molecule has 25 rings (SSSR count). The van der Waals surface area contributed by atoms with Crippen molar-refractivity contribution in [1.29, 1.82) is 0 Å². The monoisotopic (exact) mass is 1680 g/mol. The third kappa shape index (κ3) is 13.1.